The van der Waals surface area contributed by atoms with Gasteiger partial charge in [-0.15, -0.1) is 6.42 Å². The van der Waals surface area contributed by atoms with E-state index < -0.39 is 6.10 Å². The van der Waals surface area contributed by atoms with Gasteiger partial charge >= 0.3 is 0 Å². The molecule has 1 aromatic rings. The van der Waals surface area contributed by atoms with Gasteiger partial charge in [-0.2, -0.15) is 0 Å². The fourth-order valence-electron chi connectivity index (χ4n) is 1.27. The molecule has 0 spiro atoms. The standard InChI is InChI=1S/C13H11Br2NO3/c1-3-4-16-13(18)8(2)19-12-10(14)5-9(7-17)6-11(12)15/h1,5-8H,4H2,2H3,(H,16,18). The van der Waals surface area contributed by atoms with Crippen molar-refractivity contribution in [3.8, 4) is 18.1 Å². The molecule has 0 saturated carbocycles. The van der Waals surface area contributed by atoms with Gasteiger partial charge in [0, 0.05) is 5.56 Å². The lowest BCUT2D eigenvalue weighted by Crippen LogP contribution is -2.36. The molecule has 1 N–H and O–H groups in total. The Labute approximate surface area is 128 Å². The number of nitrogens with one attached hydrogen (secondary N) is 1. The Bertz CT molecular complexity index is 514. The summed E-state index contributed by atoms with van der Waals surface area (Å²) in [6, 6.07) is 3.22. The summed E-state index contributed by atoms with van der Waals surface area (Å²) in [4.78, 5) is 22.3. The van der Waals surface area contributed by atoms with Crippen LogP contribution in [0.25, 0.3) is 0 Å². The monoisotopic (exact) mass is 387 g/mol. The Balaban J connectivity index is 2.85. The summed E-state index contributed by atoms with van der Waals surface area (Å²) < 4.78 is 6.71. The zero-order valence-electron chi connectivity index (χ0n) is 10.1. The highest BCUT2D eigenvalue weighted by molar-refractivity contribution is 9.11. The lowest BCUT2D eigenvalue weighted by Gasteiger charge is -2.16. The average molecular weight is 389 g/mol. The topological polar surface area (TPSA) is 55.4 Å². The number of ether oxygens (including phenoxy) is 1. The predicted octanol–water partition coefficient (Wildman–Crippen LogP) is 2.54. The highest BCUT2D eigenvalue weighted by atomic mass is 79.9. The summed E-state index contributed by atoms with van der Waals surface area (Å²) in [7, 11) is 0. The minimum absolute atomic E-state index is 0.152. The van der Waals surface area contributed by atoms with Gasteiger partial charge in [-0.1, -0.05) is 5.92 Å². The maximum absolute atomic E-state index is 11.6. The molecule has 1 unspecified atom stereocenters. The third-order valence-electron chi connectivity index (χ3n) is 2.19. The minimum atomic E-state index is -0.706. The molecule has 0 saturated heterocycles. The highest BCUT2D eigenvalue weighted by Crippen LogP contribution is 2.35. The first-order valence-corrected chi connectivity index (χ1v) is 6.90. The molecule has 0 fully saturated rings. The number of terminal acetylenes is 1. The Hall–Kier alpha value is -1.32. The van der Waals surface area contributed by atoms with Crippen molar-refractivity contribution in [2.75, 3.05) is 6.54 Å². The van der Waals surface area contributed by atoms with Gasteiger partial charge in [-0.05, 0) is 50.9 Å². The van der Waals surface area contributed by atoms with E-state index in [4.69, 9.17) is 11.2 Å². The number of hydrogen-bond acceptors (Lipinski definition) is 3. The summed E-state index contributed by atoms with van der Waals surface area (Å²) >= 11 is 6.58. The smallest absolute Gasteiger partial charge is 0.261 e. The van der Waals surface area contributed by atoms with Crippen LogP contribution in [0.2, 0.25) is 0 Å². The first-order chi connectivity index (χ1) is 8.99. The Kier molecular flexibility index (Phi) is 6.06. The van der Waals surface area contributed by atoms with Crippen molar-refractivity contribution in [2.45, 2.75) is 13.0 Å². The molecule has 1 aromatic carbocycles. The number of halogens is 2. The van der Waals surface area contributed by atoms with Crippen LogP contribution in [0, 0.1) is 12.3 Å². The molecular formula is C13H11Br2NO3. The third-order valence-corrected chi connectivity index (χ3v) is 3.36. The summed E-state index contributed by atoms with van der Waals surface area (Å²) in [5.41, 5.74) is 0.496. The number of benzene rings is 1. The minimum Gasteiger partial charge on any atom is -0.479 e. The van der Waals surface area contributed by atoms with Gasteiger partial charge < -0.3 is 10.1 Å². The molecule has 19 heavy (non-hydrogen) atoms. The lowest BCUT2D eigenvalue weighted by molar-refractivity contribution is -0.127. The van der Waals surface area contributed by atoms with Crippen LogP contribution in [-0.4, -0.2) is 24.8 Å². The summed E-state index contributed by atoms with van der Waals surface area (Å²) in [5, 5.41) is 2.53. The van der Waals surface area contributed by atoms with Crippen LogP contribution in [0.1, 0.15) is 17.3 Å². The number of amides is 1. The highest BCUT2D eigenvalue weighted by Gasteiger charge is 2.17. The molecule has 1 amide bonds. The van der Waals surface area contributed by atoms with Gasteiger partial charge in [-0.25, -0.2) is 0 Å². The van der Waals surface area contributed by atoms with Crippen molar-refractivity contribution in [3.05, 3.63) is 26.6 Å². The van der Waals surface area contributed by atoms with Crippen molar-refractivity contribution in [2.24, 2.45) is 0 Å². The van der Waals surface area contributed by atoms with E-state index >= 15 is 0 Å². The molecule has 4 nitrogen and oxygen atoms in total. The second kappa shape index (κ2) is 7.31. The molecule has 0 heterocycles. The maximum Gasteiger partial charge on any atom is 0.261 e. The zero-order valence-corrected chi connectivity index (χ0v) is 13.2. The number of aldehydes is 1. The van der Waals surface area contributed by atoms with Crippen LogP contribution in [0.3, 0.4) is 0 Å². The SMILES string of the molecule is C#CCNC(=O)C(C)Oc1c(Br)cc(C=O)cc1Br. The molecule has 0 bridgehead atoms. The van der Waals surface area contributed by atoms with Gasteiger partial charge in [0.05, 0.1) is 15.5 Å². The third kappa shape index (κ3) is 4.37. The Morgan fingerprint density at radius 2 is 2.11 bits per heavy atom. The zero-order chi connectivity index (χ0) is 14.4. The Morgan fingerprint density at radius 1 is 1.53 bits per heavy atom. The largest absolute Gasteiger partial charge is 0.479 e. The maximum atomic E-state index is 11.6. The quantitative estimate of drug-likeness (QED) is 0.622. The van der Waals surface area contributed by atoms with Crippen molar-refractivity contribution in [1.82, 2.24) is 5.32 Å². The summed E-state index contributed by atoms with van der Waals surface area (Å²) in [6.07, 6.45) is 5.08. The Morgan fingerprint density at radius 3 is 2.58 bits per heavy atom. The van der Waals surface area contributed by atoms with Crippen LogP contribution in [-0.2, 0) is 4.79 Å². The normalized spacial score (nSPS) is 11.3. The molecule has 0 aliphatic heterocycles. The molecule has 100 valence electrons. The van der Waals surface area contributed by atoms with E-state index in [0.29, 0.717) is 20.3 Å². The van der Waals surface area contributed by atoms with Crippen molar-refractivity contribution >= 4 is 44.1 Å². The molecular weight excluding hydrogens is 378 g/mol. The first kappa shape index (κ1) is 15.7. The molecule has 0 aromatic heterocycles. The summed E-state index contributed by atoms with van der Waals surface area (Å²) in [5.74, 6) is 2.45. The van der Waals surface area contributed by atoms with Crippen LogP contribution >= 0.6 is 31.9 Å². The van der Waals surface area contributed by atoms with Crippen molar-refractivity contribution < 1.29 is 14.3 Å². The number of carbonyl (C=O) groups is 2. The number of carbonyl (C=O) groups excluding carboxylic acids is 2. The molecule has 1 atom stereocenters. The van der Waals surface area contributed by atoms with Gasteiger partial charge in [-0.3, -0.25) is 9.59 Å². The van der Waals surface area contributed by atoms with E-state index in [9.17, 15) is 9.59 Å². The van der Waals surface area contributed by atoms with Gasteiger partial charge in [0.15, 0.2) is 6.10 Å². The summed E-state index contributed by atoms with van der Waals surface area (Å²) in [6.45, 7) is 1.76. The molecule has 0 aliphatic rings. The van der Waals surface area contributed by atoms with Crippen LogP contribution in [0.4, 0.5) is 0 Å². The van der Waals surface area contributed by atoms with Crippen LogP contribution in [0.5, 0.6) is 5.75 Å². The van der Waals surface area contributed by atoms with Gasteiger partial charge in [0.25, 0.3) is 5.91 Å². The number of rotatable bonds is 5. The van der Waals surface area contributed by atoms with Crippen LogP contribution < -0.4 is 10.1 Å². The fourth-order valence-corrected chi connectivity index (χ4v) is 2.68. The molecule has 0 radical (unpaired) electrons. The number of hydrogen-bond donors (Lipinski definition) is 1. The molecule has 1 rings (SSSR count). The lowest BCUT2D eigenvalue weighted by atomic mass is 10.2. The second-order valence-electron chi connectivity index (χ2n) is 3.61. The molecule has 0 aliphatic carbocycles. The van der Waals surface area contributed by atoms with Crippen LogP contribution in [0.15, 0.2) is 21.1 Å². The second-order valence-corrected chi connectivity index (χ2v) is 5.32. The predicted molar refractivity (Wildman–Crippen MR) is 79.2 cm³/mol. The van der Waals surface area contributed by atoms with Gasteiger partial charge in [0.1, 0.15) is 12.0 Å². The van der Waals surface area contributed by atoms with Gasteiger partial charge in [0.2, 0.25) is 0 Å². The average Bonchev–Trinajstić information content (AvgIpc) is 2.39. The van der Waals surface area contributed by atoms with E-state index in [2.05, 4.69) is 43.1 Å². The molecule has 6 heteroatoms. The van der Waals surface area contributed by atoms with Crippen molar-refractivity contribution in [3.63, 3.8) is 0 Å². The van der Waals surface area contributed by atoms with E-state index in [0.717, 1.165) is 6.29 Å². The van der Waals surface area contributed by atoms with E-state index in [1.165, 1.54) is 0 Å². The van der Waals surface area contributed by atoms with E-state index in [1.807, 2.05) is 0 Å². The van der Waals surface area contributed by atoms with E-state index in [-0.39, 0.29) is 12.5 Å². The van der Waals surface area contributed by atoms with Crippen molar-refractivity contribution in [1.29, 1.82) is 0 Å². The fraction of sp³-hybridized carbons (Fsp3) is 0.231. The first-order valence-electron chi connectivity index (χ1n) is 5.31. The van der Waals surface area contributed by atoms with E-state index in [1.54, 1.807) is 19.1 Å².